The highest BCUT2D eigenvalue weighted by atomic mass is 16.6. The summed E-state index contributed by atoms with van der Waals surface area (Å²) in [6, 6.07) is 6.63. The Balaban J connectivity index is 2.75. The topological polar surface area (TPSA) is 58.6 Å². The van der Waals surface area contributed by atoms with Crippen LogP contribution < -0.4 is 10.1 Å². The van der Waals surface area contributed by atoms with E-state index in [1.165, 1.54) is 11.8 Å². The lowest BCUT2D eigenvalue weighted by Gasteiger charge is -2.18. The summed E-state index contributed by atoms with van der Waals surface area (Å²) in [5.41, 5.74) is 0.571. The van der Waals surface area contributed by atoms with Crippen molar-refractivity contribution in [1.29, 1.82) is 0 Å². The molecule has 2 amide bonds. The first-order valence-corrected chi connectivity index (χ1v) is 6.13. The SMILES string of the molecule is C=CCN(CC=C)C(=O)Oc1cccc(NC(C)=O)c1. The molecule has 1 N–H and O–H groups in total. The van der Waals surface area contributed by atoms with Crippen molar-refractivity contribution in [2.75, 3.05) is 18.4 Å². The molecule has 0 saturated heterocycles. The van der Waals surface area contributed by atoms with E-state index in [9.17, 15) is 9.59 Å². The number of carbonyl (C=O) groups excluding carboxylic acids is 2. The normalized spacial score (nSPS) is 9.45. The van der Waals surface area contributed by atoms with E-state index < -0.39 is 6.09 Å². The van der Waals surface area contributed by atoms with Crippen LogP contribution in [0.25, 0.3) is 0 Å². The van der Waals surface area contributed by atoms with E-state index in [4.69, 9.17) is 4.74 Å². The highest BCUT2D eigenvalue weighted by molar-refractivity contribution is 5.88. The van der Waals surface area contributed by atoms with Crippen molar-refractivity contribution in [2.45, 2.75) is 6.92 Å². The fourth-order valence-corrected chi connectivity index (χ4v) is 1.54. The lowest BCUT2D eigenvalue weighted by molar-refractivity contribution is -0.114. The Morgan fingerprint density at radius 2 is 1.95 bits per heavy atom. The monoisotopic (exact) mass is 274 g/mol. The summed E-state index contributed by atoms with van der Waals surface area (Å²) in [5.74, 6) is 0.174. The Labute approximate surface area is 118 Å². The first kappa shape index (κ1) is 15.5. The summed E-state index contributed by atoms with van der Waals surface area (Å²) >= 11 is 0. The van der Waals surface area contributed by atoms with Crippen LogP contribution in [-0.4, -0.2) is 30.0 Å². The maximum atomic E-state index is 11.9. The average Bonchev–Trinajstić information content (AvgIpc) is 2.38. The van der Waals surface area contributed by atoms with Crippen molar-refractivity contribution in [2.24, 2.45) is 0 Å². The van der Waals surface area contributed by atoms with Crippen LogP contribution in [0.5, 0.6) is 5.75 Å². The Morgan fingerprint density at radius 3 is 2.50 bits per heavy atom. The third-order valence-corrected chi connectivity index (χ3v) is 2.32. The molecule has 0 radical (unpaired) electrons. The second kappa shape index (κ2) is 7.78. The van der Waals surface area contributed by atoms with Gasteiger partial charge in [-0.15, -0.1) is 13.2 Å². The summed E-state index contributed by atoms with van der Waals surface area (Å²) in [5, 5.41) is 2.62. The highest BCUT2D eigenvalue weighted by Gasteiger charge is 2.13. The van der Waals surface area contributed by atoms with Crippen molar-refractivity contribution < 1.29 is 14.3 Å². The zero-order valence-electron chi connectivity index (χ0n) is 11.5. The number of hydrogen-bond donors (Lipinski definition) is 1. The molecular weight excluding hydrogens is 256 g/mol. The van der Waals surface area contributed by atoms with Crippen LogP contribution in [0.3, 0.4) is 0 Å². The fraction of sp³-hybridized carbons (Fsp3) is 0.200. The molecule has 0 fully saturated rings. The molecule has 5 heteroatoms. The van der Waals surface area contributed by atoms with Gasteiger partial charge in [0, 0.05) is 31.8 Å². The molecule has 1 aromatic carbocycles. The Kier molecular flexibility index (Phi) is 6.03. The molecule has 0 aliphatic heterocycles. The maximum absolute atomic E-state index is 11.9. The van der Waals surface area contributed by atoms with Gasteiger partial charge < -0.3 is 15.0 Å². The van der Waals surface area contributed by atoms with E-state index in [0.29, 0.717) is 24.5 Å². The predicted octanol–water partition coefficient (Wildman–Crippen LogP) is 2.82. The molecule has 0 unspecified atom stereocenters. The first-order valence-electron chi connectivity index (χ1n) is 6.13. The quantitative estimate of drug-likeness (QED) is 0.811. The lowest BCUT2D eigenvalue weighted by atomic mass is 10.3. The van der Waals surface area contributed by atoms with Crippen LogP contribution in [-0.2, 0) is 4.79 Å². The maximum Gasteiger partial charge on any atom is 0.415 e. The number of amides is 2. The van der Waals surface area contributed by atoms with Crippen LogP contribution in [0.4, 0.5) is 10.5 Å². The predicted molar refractivity (Wildman–Crippen MR) is 78.7 cm³/mol. The number of nitrogens with zero attached hydrogens (tertiary/aromatic N) is 1. The van der Waals surface area contributed by atoms with Gasteiger partial charge in [0.15, 0.2) is 0 Å². The second-order valence-electron chi connectivity index (χ2n) is 4.06. The molecule has 0 heterocycles. The van der Waals surface area contributed by atoms with Crippen molar-refractivity contribution in [3.63, 3.8) is 0 Å². The Morgan fingerprint density at radius 1 is 1.30 bits per heavy atom. The molecule has 0 spiro atoms. The van der Waals surface area contributed by atoms with Gasteiger partial charge in [-0.3, -0.25) is 4.79 Å². The van der Waals surface area contributed by atoms with Crippen LogP contribution in [0.2, 0.25) is 0 Å². The lowest BCUT2D eigenvalue weighted by Crippen LogP contribution is -2.33. The third kappa shape index (κ3) is 4.97. The van der Waals surface area contributed by atoms with Gasteiger partial charge in [0.1, 0.15) is 5.75 Å². The number of hydrogen-bond acceptors (Lipinski definition) is 3. The van der Waals surface area contributed by atoms with Crippen molar-refractivity contribution in [3.05, 3.63) is 49.6 Å². The summed E-state index contributed by atoms with van der Waals surface area (Å²) in [4.78, 5) is 24.4. The van der Waals surface area contributed by atoms with Crippen molar-refractivity contribution in [3.8, 4) is 5.75 Å². The van der Waals surface area contributed by atoms with E-state index in [0.717, 1.165) is 0 Å². The molecule has 0 bridgehead atoms. The highest BCUT2D eigenvalue weighted by Crippen LogP contribution is 2.18. The molecule has 0 aliphatic carbocycles. The fourth-order valence-electron chi connectivity index (χ4n) is 1.54. The molecule has 0 aliphatic rings. The molecular formula is C15H18N2O3. The third-order valence-electron chi connectivity index (χ3n) is 2.32. The standard InChI is InChI=1S/C15H18N2O3/c1-4-9-17(10-5-2)15(19)20-14-8-6-7-13(11-14)16-12(3)18/h4-8,11H,1-2,9-10H2,3H3,(H,16,18). The molecule has 106 valence electrons. The Bertz CT molecular complexity index is 502. The number of ether oxygens (including phenoxy) is 1. The minimum Gasteiger partial charge on any atom is -0.410 e. The van der Waals surface area contributed by atoms with Gasteiger partial charge in [0.25, 0.3) is 0 Å². The van der Waals surface area contributed by atoms with Gasteiger partial charge in [0.05, 0.1) is 0 Å². The van der Waals surface area contributed by atoms with Gasteiger partial charge in [-0.25, -0.2) is 4.79 Å². The van der Waals surface area contributed by atoms with Gasteiger partial charge >= 0.3 is 6.09 Å². The van der Waals surface area contributed by atoms with Crippen molar-refractivity contribution in [1.82, 2.24) is 4.90 Å². The number of carbonyl (C=O) groups is 2. The van der Waals surface area contributed by atoms with E-state index in [1.54, 1.807) is 36.4 Å². The molecule has 0 atom stereocenters. The van der Waals surface area contributed by atoms with Crippen LogP contribution in [0, 0.1) is 0 Å². The minimum absolute atomic E-state index is 0.187. The molecule has 5 nitrogen and oxygen atoms in total. The summed E-state index contributed by atoms with van der Waals surface area (Å²) in [6.45, 7) is 9.33. The number of benzene rings is 1. The largest absolute Gasteiger partial charge is 0.415 e. The van der Waals surface area contributed by atoms with E-state index in [1.807, 2.05) is 0 Å². The van der Waals surface area contributed by atoms with Crippen LogP contribution >= 0.6 is 0 Å². The van der Waals surface area contributed by atoms with Gasteiger partial charge in [0.2, 0.25) is 5.91 Å². The van der Waals surface area contributed by atoms with Crippen LogP contribution in [0.15, 0.2) is 49.6 Å². The molecule has 1 aromatic rings. The molecule has 0 aromatic heterocycles. The summed E-state index contributed by atoms with van der Waals surface area (Å²) in [6.07, 6.45) is 2.72. The molecule has 0 saturated carbocycles. The smallest absolute Gasteiger partial charge is 0.410 e. The number of anilines is 1. The van der Waals surface area contributed by atoms with Crippen LogP contribution in [0.1, 0.15) is 6.92 Å². The zero-order chi connectivity index (χ0) is 15.0. The van der Waals surface area contributed by atoms with Gasteiger partial charge in [-0.1, -0.05) is 18.2 Å². The Hall–Kier alpha value is -2.56. The number of rotatable bonds is 6. The van der Waals surface area contributed by atoms with E-state index >= 15 is 0 Å². The summed E-state index contributed by atoms with van der Waals surface area (Å²) in [7, 11) is 0. The second-order valence-corrected chi connectivity index (χ2v) is 4.06. The van der Waals surface area contributed by atoms with Gasteiger partial charge in [-0.2, -0.15) is 0 Å². The molecule has 1 rings (SSSR count). The average molecular weight is 274 g/mol. The zero-order valence-corrected chi connectivity index (χ0v) is 11.5. The summed E-state index contributed by atoms with van der Waals surface area (Å²) < 4.78 is 5.24. The van der Waals surface area contributed by atoms with E-state index in [-0.39, 0.29) is 5.91 Å². The van der Waals surface area contributed by atoms with Gasteiger partial charge in [-0.05, 0) is 12.1 Å². The molecule has 20 heavy (non-hydrogen) atoms. The van der Waals surface area contributed by atoms with E-state index in [2.05, 4.69) is 18.5 Å². The minimum atomic E-state index is -0.496. The number of nitrogens with one attached hydrogen (secondary N) is 1. The van der Waals surface area contributed by atoms with Crippen molar-refractivity contribution >= 4 is 17.7 Å². The first-order chi connectivity index (χ1) is 9.56.